The van der Waals surface area contributed by atoms with Gasteiger partial charge in [-0.25, -0.2) is 4.39 Å². The van der Waals surface area contributed by atoms with Gasteiger partial charge in [-0.3, -0.25) is 0 Å². The lowest BCUT2D eigenvalue weighted by Crippen LogP contribution is -2.12. The molecule has 0 fully saturated rings. The van der Waals surface area contributed by atoms with Crippen molar-refractivity contribution >= 4 is 11.6 Å². The van der Waals surface area contributed by atoms with E-state index < -0.39 is 5.82 Å². The number of nitrogens with one attached hydrogen (secondary N) is 1. The summed E-state index contributed by atoms with van der Waals surface area (Å²) >= 11 is 5.72. The lowest BCUT2D eigenvalue weighted by molar-refractivity contribution is 0.281. The summed E-state index contributed by atoms with van der Waals surface area (Å²) in [6, 6.07) is 12.4. The molecule has 0 radical (unpaired) electrons. The highest BCUT2D eigenvalue weighted by atomic mass is 35.5. The Kier molecular flexibility index (Phi) is 4.91. The van der Waals surface area contributed by atoms with Crippen molar-refractivity contribution in [1.82, 2.24) is 5.32 Å². The fourth-order valence-electron chi connectivity index (χ4n) is 1.84. The molecule has 19 heavy (non-hydrogen) atoms. The van der Waals surface area contributed by atoms with Crippen LogP contribution in [0, 0.1) is 5.82 Å². The van der Waals surface area contributed by atoms with Gasteiger partial charge in [0.25, 0.3) is 0 Å². The minimum Gasteiger partial charge on any atom is -0.392 e. The van der Waals surface area contributed by atoms with Gasteiger partial charge in [0.1, 0.15) is 5.82 Å². The number of rotatable bonds is 5. The molecule has 100 valence electrons. The topological polar surface area (TPSA) is 32.3 Å². The van der Waals surface area contributed by atoms with Crippen LogP contribution in [0.25, 0.3) is 0 Å². The highest BCUT2D eigenvalue weighted by Gasteiger charge is 2.01. The molecule has 0 heterocycles. The Morgan fingerprint density at radius 3 is 2.37 bits per heavy atom. The zero-order valence-corrected chi connectivity index (χ0v) is 11.1. The summed E-state index contributed by atoms with van der Waals surface area (Å²) in [5.74, 6) is -0.402. The van der Waals surface area contributed by atoms with Gasteiger partial charge in [-0.15, -0.1) is 0 Å². The van der Waals surface area contributed by atoms with Crippen LogP contribution in [0.15, 0.2) is 42.5 Å². The van der Waals surface area contributed by atoms with Gasteiger partial charge in [-0.05, 0) is 28.8 Å². The van der Waals surface area contributed by atoms with Crippen molar-refractivity contribution in [2.75, 3.05) is 0 Å². The molecule has 2 aromatic rings. The van der Waals surface area contributed by atoms with Crippen molar-refractivity contribution in [3.05, 3.63) is 70.0 Å². The van der Waals surface area contributed by atoms with E-state index in [0.717, 1.165) is 16.7 Å². The number of halogens is 2. The predicted molar refractivity (Wildman–Crippen MR) is 74.3 cm³/mol. The number of hydrogen-bond donors (Lipinski definition) is 2. The fraction of sp³-hybridized carbons (Fsp3) is 0.200. The Morgan fingerprint density at radius 2 is 1.68 bits per heavy atom. The Labute approximate surface area is 116 Å². The van der Waals surface area contributed by atoms with E-state index in [2.05, 4.69) is 5.32 Å². The van der Waals surface area contributed by atoms with Crippen molar-refractivity contribution in [2.45, 2.75) is 19.7 Å². The van der Waals surface area contributed by atoms with Gasteiger partial charge in [-0.1, -0.05) is 41.9 Å². The van der Waals surface area contributed by atoms with E-state index in [9.17, 15) is 4.39 Å². The van der Waals surface area contributed by atoms with E-state index in [1.165, 1.54) is 6.07 Å². The zero-order chi connectivity index (χ0) is 13.7. The van der Waals surface area contributed by atoms with Gasteiger partial charge in [0.05, 0.1) is 11.6 Å². The minimum absolute atomic E-state index is 0.0431. The van der Waals surface area contributed by atoms with Crippen molar-refractivity contribution in [3.63, 3.8) is 0 Å². The molecule has 0 bridgehead atoms. The molecule has 0 spiro atoms. The zero-order valence-electron chi connectivity index (χ0n) is 10.4. The van der Waals surface area contributed by atoms with Crippen molar-refractivity contribution in [2.24, 2.45) is 0 Å². The summed E-state index contributed by atoms with van der Waals surface area (Å²) in [4.78, 5) is 0. The van der Waals surface area contributed by atoms with Crippen LogP contribution in [0.5, 0.6) is 0 Å². The molecule has 4 heteroatoms. The SMILES string of the molecule is OCc1cccc(CNCc2ccc(F)c(Cl)c2)c1. The summed E-state index contributed by atoms with van der Waals surface area (Å²) in [5.41, 5.74) is 2.92. The van der Waals surface area contributed by atoms with Crippen molar-refractivity contribution in [3.8, 4) is 0 Å². The largest absolute Gasteiger partial charge is 0.392 e. The maximum absolute atomic E-state index is 13.0. The third-order valence-corrected chi connectivity index (χ3v) is 3.11. The molecule has 0 saturated heterocycles. The molecule has 0 atom stereocenters. The maximum Gasteiger partial charge on any atom is 0.141 e. The Morgan fingerprint density at radius 1 is 1.00 bits per heavy atom. The molecule has 0 aliphatic rings. The van der Waals surface area contributed by atoms with Gasteiger partial charge in [0.2, 0.25) is 0 Å². The van der Waals surface area contributed by atoms with Gasteiger partial charge in [-0.2, -0.15) is 0 Å². The number of benzene rings is 2. The third-order valence-electron chi connectivity index (χ3n) is 2.82. The van der Waals surface area contributed by atoms with Crippen LogP contribution in [0.3, 0.4) is 0 Å². The first-order valence-corrected chi connectivity index (χ1v) is 6.40. The molecule has 0 unspecified atom stereocenters. The molecule has 0 amide bonds. The summed E-state index contributed by atoms with van der Waals surface area (Å²) in [6.07, 6.45) is 0. The van der Waals surface area contributed by atoms with Crippen LogP contribution in [0.1, 0.15) is 16.7 Å². The number of aliphatic hydroxyl groups excluding tert-OH is 1. The summed E-state index contributed by atoms with van der Waals surface area (Å²) < 4.78 is 13.0. The molecule has 0 aliphatic heterocycles. The first kappa shape index (κ1) is 14.0. The van der Waals surface area contributed by atoms with E-state index in [1.807, 2.05) is 24.3 Å². The third kappa shape index (κ3) is 4.03. The van der Waals surface area contributed by atoms with Crippen molar-refractivity contribution < 1.29 is 9.50 Å². The molecular weight excluding hydrogens is 265 g/mol. The van der Waals surface area contributed by atoms with Crippen LogP contribution >= 0.6 is 11.6 Å². The molecule has 2 nitrogen and oxygen atoms in total. The predicted octanol–water partition coefficient (Wildman–Crippen LogP) is 3.26. The van der Waals surface area contributed by atoms with Crippen LogP contribution in [0.4, 0.5) is 4.39 Å². The lowest BCUT2D eigenvalue weighted by Gasteiger charge is -2.07. The summed E-state index contributed by atoms with van der Waals surface area (Å²) in [7, 11) is 0. The molecule has 2 rings (SSSR count). The molecule has 0 saturated carbocycles. The number of aliphatic hydroxyl groups is 1. The smallest absolute Gasteiger partial charge is 0.141 e. The van der Waals surface area contributed by atoms with Gasteiger partial charge >= 0.3 is 0 Å². The van der Waals surface area contributed by atoms with Crippen LogP contribution in [-0.4, -0.2) is 5.11 Å². The minimum atomic E-state index is -0.402. The quantitative estimate of drug-likeness (QED) is 0.880. The second-order valence-electron chi connectivity index (χ2n) is 4.33. The molecule has 0 aromatic heterocycles. The van der Waals surface area contributed by atoms with Crippen LogP contribution < -0.4 is 5.32 Å². The highest BCUT2D eigenvalue weighted by Crippen LogP contribution is 2.16. The van der Waals surface area contributed by atoms with E-state index >= 15 is 0 Å². The normalized spacial score (nSPS) is 10.7. The fourth-order valence-corrected chi connectivity index (χ4v) is 2.04. The lowest BCUT2D eigenvalue weighted by atomic mass is 10.1. The van der Waals surface area contributed by atoms with E-state index in [1.54, 1.807) is 12.1 Å². The molecule has 0 aliphatic carbocycles. The average Bonchev–Trinajstić information content (AvgIpc) is 2.43. The standard InChI is InChI=1S/C15H15ClFNO/c16-14-7-12(4-5-15(14)17)9-18-8-11-2-1-3-13(6-11)10-19/h1-7,18-19H,8-10H2. The van der Waals surface area contributed by atoms with E-state index in [0.29, 0.717) is 13.1 Å². The molecular formula is C15H15ClFNO. The van der Waals surface area contributed by atoms with Gasteiger partial charge in [0.15, 0.2) is 0 Å². The van der Waals surface area contributed by atoms with E-state index in [4.69, 9.17) is 16.7 Å². The second-order valence-corrected chi connectivity index (χ2v) is 4.74. The molecule has 2 N–H and O–H groups in total. The van der Waals surface area contributed by atoms with Gasteiger partial charge in [0, 0.05) is 13.1 Å². The summed E-state index contributed by atoms with van der Waals surface area (Å²) in [6.45, 7) is 1.34. The Hall–Kier alpha value is -1.42. The maximum atomic E-state index is 13.0. The molecule has 2 aromatic carbocycles. The van der Waals surface area contributed by atoms with Crippen LogP contribution in [0.2, 0.25) is 5.02 Å². The summed E-state index contributed by atoms with van der Waals surface area (Å²) in [5, 5.41) is 12.4. The Balaban J connectivity index is 1.90. The Bertz CT molecular complexity index is 560. The first-order chi connectivity index (χ1) is 9.19. The number of hydrogen-bond acceptors (Lipinski definition) is 2. The monoisotopic (exact) mass is 279 g/mol. The first-order valence-electron chi connectivity index (χ1n) is 6.02. The average molecular weight is 280 g/mol. The highest BCUT2D eigenvalue weighted by molar-refractivity contribution is 6.30. The van der Waals surface area contributed by atoms with Crippen LogP contribution in [-0.2, 0) is 19.7 Å². The van der Waals surface area contributed by atoms with Gasteiger partial charge < -0.3 is 10.4 Å². The van der Waals surface area contributed by atoms with E-state index in [-0.39, 0.29) is 11.6 Å². The second kappa shape index (κ2) is 6.66. The van der Waals surface area contributed by atoms with Crippen molar-refractivity contribution in [1.29, 1.82) is 0 Å².